The number of aryl methyl sites for hydroxylation is 1. The summed E-state index contributed by atoms with van der Waals surface area (Å²) in [5.74, 6) is 0.359. The number of morpholine rings is 1. The summed E-state index contributed by atoms with van der Waals surface area (Å²) in [6, 6.07) is 0. The molecule has 9 heteroatoms. The van der Waals surface area contributed by atoms with E-state index in [0.717, 1.165) is 51.5 Å². The topological polar surface area (TPSA) is 71.4 Å². The Morgan fingerprint density at radius 3 is 2.79 bits per heavy atom. The third kappa shape index (κ3) is 5.32. The number of nitrogens with one attached hydrogen (secondary N) is 2. The number of carbonyl (C=O) groups is 1. The molecule has 3 rings (SSSR count). The number of halogens is 2. The first kappa shape index (κ1) is 21.2. The van der Waals surface area contributed by atoms with Crippen molar-refractivity contribution in [2.75, 3.05) is 52.5 Å². The van der Waals surface area contributed by atoms with Crippen molar-refractivity contribution in [2.45, 2.75) is 5.92 Å². The molecule has 0 aliphatic carbocycles. The second kappa shape index (κ2) is 10.2. The van der Waals surface area contributed by atoms with Crippen molar-refractivity contribution >= 4 is 30.7 Å². The summed E-state index contributed by atoms with van der Waals surface area (Å²) >= 11 is 0. The molecule has 0 radical (unpaired) electrons. The van der Waals surface area contributed by atoms with E-state index in [0.29, 0.717) is 6.54 Å². The minimum absolute atomic E-state index is 0. The number of amides is 1. The standard InChI is InChI=1S/C15H25N5O2.2ClH/c1-19-11-12(8-18-19)13-9-16-10-14(13)15(21)17-2-3-20-4-6-22-7-5-20;;/h8,11,13-14,16H,2-7,9-10H2,1H3,(H,17,21);2*1H/t13-,14+;;/m1../s1. The van der Waals surface area contributed by atoms with Gasteiger partial charge in [-0.05, 0) is 5.56 Å². The summed E-state index contributed by atoms with van der Waals surface area (Å²) in [6.45, 7) is 6.68. The maximum absolute atomic E-state index is 12.5. The smallest absolute Gasteiger partial charge is 0.225 e. The zero-order chi connectivity index (χ0) is 15.4. The van der Waals surface area contributed by atoms with Crippen LogP contribution in [0.2, 0.25) is 0 Å². The van der Waals surface area contributed by atoms with Crippen molar-refractivity contribution in [3.8, 4) is 0 Å². The Balaban J connectivity index is 0.00000144. The molecule has 0 aromatic carbocycles. The second-order valence-corrected chi connectivity index (χ2v) is 6.06. The lowest BCUT2D eigenvalue weighted by molar-refractivity contribution is -0.124. The summed E-state index contributed by atoms with van der Waals surface area (Å²) in [6.07, 6.45) is 3.87. The molecule has 0 spiro atoms. The molecule has 2 aliphatic heterocycles. The average molecular weight is 380 g/mol. The summed E-state index contributed by atoms with van der Waals surface area (Å²) in [5, 5.41) is 10.6. The van der Waals surface area contributed by atoms with Gasteiger partial charge in [0.25, 0.3) is 0 Å². The molecule has 7 nitrogen and oxygen atoms in total. The maximum Gasteiger partial charge on any atom is 0.225 e. The van der Waals surface area contributed by atoms with E-state index >= 15 is 0 Å². The van der Waals surface area contributed by atoms with Crippen LogP contribution in [0, 0.1) is 5.92 Å². The van der Waals surface area contributed by atoms with Gasteiger partial charge in [0.2, 0.25) is 5.91 Å². The lowest BCUT2D eigenvalue weighted by Crippen LogP contribution is -2.43. The van der Waals surface area contributed by atoms with Crippen LogP contribution in [-0.2, 0) is 16.6 Å². The maximum atomic E-state index is 12.5. The van der Waals surface area contributed by atoms with Crippen molar-refractivity contribution in [1.82, 2.24) is 25.3 Å². The molecule has 2 saturated heterocycles. The highest BCUT2D eigenvalue weighted by Crippen LogP contribution is 2.27. The Bertz CT molecular complexity index is 508. The predicted molar refractivity (Wildman–Crippen MR) is 97.1 cm³/mol. The third-order valence-electron chi connectivity index (χ3n) is 4.53. The second-order valence-electron chi connectivity index (χ2n) is 6.06. The molecule has 2 atom stereocenters. The van der Waals surface area contributed by atoms with Crippen LogP contribution in [0.25, 0.3) is 0 Å². The monoisotopic (exact) mass is 379 g/mol. The van der Waals surface area contributed by atoms with Gasteiger partial charge in [0.05, 0.1) is 25.3 Å². The van der Waals surface area contributed by atoms with Crippen LogP contribution in [-0.4, -0.2) is 73.1 Å². The lowest BCUT2D eigenvalue weighted by atomic mass is 9.90. The lowest BCUT2D eigenvalue weighted by Gasteiger charge is -2.27. The molecule has 0 bridgehead atoms. The molecule has 2 fully saturated rings. The van der Waals surface area contributed by atoms with Gasteiger partial charge in [-0.15, -0.1) is 24.8 Å². The minimum Gasteiger partial charge on any atom is -0.379 e. The molecule has 1 aromatic heterocycles. The van der Waals surface area contributed by atoms with Gasteiger partial charge in [0, 0.05) is 58.4 Å². The van der Waals surface area contributed by atoms with Crippen molar-refractivity contribution in [1.29, 1.82) is 0 Å². The van der Waals surface area contributed by atoms with Crippen LogP contribution in [0.1, 0.15) is 11.5 Å². The highest BCUT2D eigenvalue weighted by molar-refractivity contribution is 5.85. The molecule has 0 unspecified atom stereocenters. The fraction of sp³-hybridized carbons (Fsp3) is 0.733. The van der Waals surface area contributed by atoms with Crippen LogP contribution < -0.4 is 10.6 Å². The van der Waals surface area contributed by atoms with E-state index in [1.807, 2.05) is 19.4 Å². The van der Waals surface area contributed by atoms with Gasteiger partial charge in [-0.3, -0.25) is 14.4 Å². The molecular formula is C15H27Cl2N5O2. The Hall–Kier alpha value is -0.860. The van der Waals surface area contributed by atoms with E-state index in [1.54, 1.807) is 4.68 Å². The Labute approximate surface area is 155 Å². The first-order valence-corrected chi connectivity index (χ1v) is 8.01. The van der Waals surface area contributed by atoms with Crippen LogP contribution in [0.5, 0.6) is 0 Å². The van der Waals surface area contributed by atoms with Gasteiger partial charge in [-0.25, -0.2) is 0 Å². The Kier molecular flexibility index (Phi) is 9.01. The highest BCUT2D eigenvalue weighted by atomic mass is 35.5. The van der Waals surface area contributed by atoms with E-state index in [2.05, 4.69) is 20.6 Å². The zero-order valence-corrected chi connectivity index (χ0v) is 15.6. The first-order chi connectivity index (χ1) is 10.7. The van der Waals surface area contributed by atoms with Crippen molar-refractivity contribution in [3.63, 3.8) is 0 Å². The van der Waals surface area contributed by atoms with E-state index in [-0.39, 0.29) is 42.6 Å². The predicted octanol–water partition coefficient (Wildman–Crippen LogP) is 0.0151. The SMILES string of the molecule is Cl.Cl.Cn1cc([C@H]2CNC[C@@H]2C(=O)NCCN2CCOCC2)cn1. The fourth-order valence-electron chi connectivity index (χ4n) is 3.23. The Morgan fingerprint density at radius 1 is 1.38 bits per heavy atom. The van der Waals surface area contributed by atoms with Crippen molar-refractivity contribution < 1.29 is 9.53 Å². The van der Waals surface area contributed by atoms with E-state index in [1.165, 1.54) is 0 Å². The summed E-state index contributed by atoms with van der Waals surface area (Å²) in [4.78, 5) is 14.8. The van der Waals surface area contributed by atoms with E-state index in [9.17, 15) is 4.79 Å². The first-order valence-electron chi connectivity index (χ1n) is 8.01. The van der Waals surface area contributed by atoms with Gasteiger partial charge in [-0.2, -0.15) is 5.10 Å². The van der Waals surface area contributed by atoms with Gasteiger partial charge >= 0.3 is 0 Å². The van der Waals surface area contributed by atoms with Crippen LogP contribution in [0.4, 0.5) is 0 Å². The number of hydrogen-bond donors (Lipinski definition) is 2. The van der Waals surface area contributed by atoms with Crippen molar-refractivity contribution in [3.05, 3.63) is 18.0 Å². The number of ether oxygens (including phenoxy) is 1. The minimum atomic E-state index is -0.00566. The number of hydrogen-bond acceptors (Lipinski definition) is 5. The zero-order valence-electron chi connectivity index (χ0n) is 13.9. The molecule has 1 amide bonds. The van der Waals surface area contributed by atoms with Crippen LogP contribution in [0.3, 0.4) is 0 Å². The van der Waals surface area contributed by atoms with Gasteiger partial charge in [-0.1, -0.05) is 0 Å². The molecule has 2 aliphatic rings. The van der Waals surface area contributed by atoms with E-state index in [4.69, 9.17) is 4.74 Å². The number of aromatic nitrogens is 2. The fourth-order valence-corrected chi connectivity index (χ4v) is 3.23. The normalized spacial score (nSPS) is 24.0. The summed E-state index contributed by atoms with van der Waals surface area (Å²) < 4.78 is 7.12. The quantitative estimate of drug-likeness (QED) is 0.754. The van der Waals surface area contributed by atoms with E-state index < -0.39 is 0 Å². The number of nitrogens with zero attached hydrogens (tertiary/aromatic N) is 3. The molecule has 138 valence electrons. The van der Waals surface area contributed by atoms with Gasteiger partial charge in [0.1, 0.15) is 0 Å². The molecule has 3 heterocycles. The molecule has 1 aromatic rings. The summed E-state index contributed by atoms with van der Waals surface area (Å²) in [5.41, 5.74) is 1.14. The van der Waals surface area contributed by atoms with Gasteiger partial charge < -0.3 is 15.4 Å². The van der Waals surface area contributed by atoms with Crippen LogP contribution in [0.15, 0.2) is 12.4 Å². The summed E-state index contributed by atoms with van der Waals surface area (Å²) in [7, 11) is 1.91. The van der Waals surface area contributed by atoms with Crippen molar-refractivity contribution in [2.24, 2.45) is 13.0 Å². The Morgan fingerprint density at radius 2 is 2.12 bits per heavy atom. The molecule has 24 heavy (non-hydrogen) atoms. The van der Waals surface area contributed by atoms with Crippen LogP contribution >= 0.6 is 24.8 Å². The molecular weight excluding hydrogens is 353 g/mol. The molecule has 2 N–H and O–H groups in total. The number of carbonyl (C=O) groups excluding carboxylic acids is 1. The third-order valence-corrected chi connectivity index (χ3v) is 4.53. The largest absolute Gasteiger partial charge is 0.379 e. The average Bonchev–Trinajstić information content (AvgIpc) is 3.16. The highest BCUT2D eigenvalue weighted by Gasteiger charge is 2.34. The molecule has 0 saturated carbocycles. The number of rotatable bonds is 5. The van der Waals surface area contributed by atoms with Gasteiger partial charge in [0.15, 0.2) is 0 Å².